The molecule has 0 radical (unpaired) electrons. The quantitative estimate of drug-likeness (QED) is 0.436. The molecule has 8 nitrogen and oxygen atoms in total. The number of amides is 1. The molecule has 0 unspecified atom stereocenters. The largest absolute Gasteiger partial charge is 0.334 e. The molecule has 158 valence electrons. The molecule has 0 fully saturated rings. The number of benzene rings is 3. The molecular weight excluding hydrogens is 406 g/mol. The number of nitrogens with zero attached hydrogens (tertiary/aromatic N) is 3. The van der Waals surface area contributed by atoms with Gasteiger partial charge in [-0.05, 0) is 61.5 Å². The predicted molar refractivity (Wildman–Crippen MR) is 121 cm³/mol. The Bertz CT molecular complexity index is 1460. The van der Waals surface area contributed by atoms with Crippen molar-refractivity contribution in [2.75, 3.05) is 5.32 Å². The Morgan fingerprint density at radius 2 is 1.78 bits per heavy atom. The van der Waals surface area contributed by atoms with Crippen molar-refractivity contribution in [1.29, 1.82) is 0 Å². The third-order valence-corrected chi connectivity index (χ3v) is 5.20. The lowest BCUT2D eigenvalue weighted by atomic mass is 10.1. The predicted octanol–water partition coefficient (Wildman–Crippen LogP) is 4.32. The Morgan fingerprint density at radius 1 is 1.03 bits per heavy atom. The van der Waals surface area contributed by atoms with Crippen LogP contribution in [0.1, 0.15) is 17.3 Å². The Labute approximate surface area is 182 Å². The van der Waals surface area contributed by atoms with Gasteiger partial charge in [0.25, 0.3) is 11.8 Å². The number of hydrogen-bond donors (Lipinski definition) is 2. The molecule has 2 heterocycles. The number of carbonyl (C=O) groups excluding carboxylic acids is 1. The first-order valence-corrected chi connectivity index (χ1v) is 10.2. The van der Waals surface area contributed by atoms with Crippen LogP contribution in [0.15, 0.2) is 82.1 Å². The van der Waals surface area contributed by atoms with Crippen molar-refractivity contribution in [3.05, 3.63) is 88.8 Å². The van der Waals surface area contributed by atoms with E-state index in [9.17, 15) is 9.59 Å². The minimum Gasteiger partial charge on any atom is -0.334 e. The van der Waals surface area contributed by atoms with Crippen LogP contribution in [0.25, 0.3) is 33.9 Å². The van der Waals surface area contributed by atoms with Gasteiger partial charge in [0.05, 0.1) is 11.0 Å². The van der Waals surface area contributed by atoms with E-state index in [1.54, 1.807) is 41.0 Å². The van der Waals surface area contributed by atoms with Gasteiger partial charge >= 0.3 is 5.69 Å². The lowest BCUT2D eigenvalue weighted by molar-refractivity contribution is 0.102. The van der Waals surface area contributed by atoms with Crippen LogP contribution < -0.4 is 11.0 Å². The third-order valence-electron chi connectivity index (χ3n) is 5.20. The number of hydrogen-bond acceptors (Lipinski definition) is 5. The van der Waals surface area contributed by atoms with Crippen molar-refractivity contribution in [2.45, 2.75) is 13.5 Å². The fourth-order valence-electron chi connectivity index (χ4n) is 3.56. The fraction of sp³-hybridized carbons (Fsp3) is 0.0833. The summed E-state index contributed by atoms with van der Waals surface area (Å²) in [6.07, 6.45) is 0. The average Bonchev–Trinajstić information content (AvgIpc) is 3.43. The van der Waals surface area contributed by atoms with Crippen molar-refractivity contribution in [3.63, 3.8) is 0 Å². The molecule has 0 aliphatic rings. The smallest absolute Gasteiger partial charge is 0.326 e. The highest BCUT2D eigenvalue weighted by Crippen LogP contribution is 2.25. The summed E-state index contributed by atoms with van der Waals surface area (Å²) in [6.45, 7) is 2.51. The van der Waals surface area contributed by atoms with Gasteiger partial charge in [0, 0.05) is 28.9 Å². The monoisotopic (exact) mass is 425 g/mol. The lowest BCUT2D eigenvalue weighted by Gasteiger charge is -2.05. The van der Waals surface area contributed by atoms with Gasteiger partial charge < -0.3 is 14.8 Å². The number of aryl methyl sites for hydroxylation is 1. The summed E-state index contributed by atoms with van der Waals surface area (Å²) in [5.41, 5.74) is 4.13. The van der Waals surface area contributed by atoms with Gasteiger partial charge in [0.2, 0.25) is 5.82 Å². The van der Waals surface area contributed by atoms with Crippen molar-refractivity contribution < 1.29 is 9.32 Å². The number of nitrogens with one attached hydrogen (secondary N) is 2. The number of rotatable bonds is 5. The number of imidazole rings is 1. The lowest BCUT2D eigenvalue weighted by Crippen LogP contribution is -2.14. The van der Waals surface area contributed by atoms with Gasteiger partial charge in [-0.2, -0.15) is 4.98 Å². The number of anilines is 1. The first-order chi connectivity index (χ1) is 15.6. The second kappa shape index (κ2) is 7.99. The van der Waals surface area contributed by atoms with E-state index < -0.39 is 0 Å². The second-order valence-electron chi connectivity index (χ2n) is 7.23. The van der Waals surface area contributed by atoms with E-state index in [1.165, 1.54) is 0 Å². The van der Waals surface area contributed by atoms with Gasteiger partial charge in [-0.3, -0.25) is 9.36 Å². The van der Waals surface area contributed by atoms with Crippen LogP contribution in [-0.4, -0.2) is 25.6 Å². The summed E-state index contributed by atoms with van der Waals surface area (Å²) in [5, 5.41) is 6.93. The maximum absolute atomic E-state index is 12.3. The summed E-state index contributed by atoms with van der Waals surface area (Å²) >= 11 is 0. The molecule has 0 atom stereocenters. The normalized spacial score (nSPS) is 11.0. The summed E-state index contributed by atoms with van der Waals surface area (Å²) in [7, 11) is 0. The number of aromatic amines is 1. The molecule has 0 bridgehead atoms. The zero-order chi connectivity index (χ0) is 22.1. The van der Waals surface area contributed by atoms with Crippen molar-refractivity contribution in [1.82, 2.24) is 19.7 Å². The molecule has 5 aromatic rings. The van der Waals surface area contributed by atoms with E-state index in [1.807, 2.05) is 43.3 Å². The van der Waals surface area contributed by atoms with Crippen LogP contribution in [0.4, 0.5) is 5.69 Å². The van der Waals surface area contributed by atoms with Crippen molar-refractivity contribution in [3.8, 4) is 22.8 Å². The molecule has 2 N–H and O–H groups in total. The molecule has 0 saturated heterocycles. The zero-order valence-electron chi connectivity index (χ0n) is 17.2. The summed E-state index contributed by atoms with van der Waals surface area (Å²) < 4.78 is 7.10. The maximum atomic E-state index is 12.3. The van der Waals surface area contributed by atoms with Crippen LogP contribution in [0.3, 0.4) is 0 Å². The maximum Gasteiger partial charge on any atom is 0.326 e. The molecule has 8 heteroatoms. The highest BCUT2D eigenvalue weighted by atomic mass is 16.5. The summed E-state index contributed by atoms with van der Waals surface area (Å²) in [5.74, 6) is 0.609. The Kier molecular flexibility index (Phi) is 4.87. The van der Waals surface area contributed by atoms with Crippen molar-refractivity contribution >= 4 is 22.6 Å². The highest BCUT2D eigenvalue weighted by molar-refractivity contribution is 6.04. The third kappa shape index (κ3) is 3.58. The molecule has 5 rings (SSSR count). The van der Waals surface area contributed by atoms with Gasteiger partial charge in [-0.15, -0.1) is 0 Å². The van der Waals surface area contributed by atoms with Crippen LogP contribution in [0, 0.1) is 0 Å². The Hall–Kier alpha value is -4.46. The van der Waals surface area contributed by atoms with Gasteiger partial charge in [0.15, 0.2) is 0 Å². The second-order valence-corrected chi connectivity index (χ2v) is 7.23. The Balaban J connectivity index is 1.36. The number of carbonyl (C=O) groups is 1. The van der Waals surface area contributed by atoms with E-state index in [4.69, 9.17) is 4.52 Å². The molecule has 1 amide bonds. The number of aromatic nitrogens is 4. The first-order valence-electron chi connectivity index (χ1n) is 10.2. The summed E-state index contributed by atoms with van der Waals surface area (Å²) in [6, 6.07) is 21.8. The van der Waals surface area contributed by atoms with E-state index in [0.717, 1.165) is 22.2 Å². The molecule has 0 spiro atoms. The molecule has 2 aromatic heterocycles. The van der Waals surface area contributed by atoms with E-state index >= 15 is 0 Å². The van der Waals surface area contributed by atoms with Crippen LogP contribution >= 0.6 is 0 Å². The molecular formula is C24H19N5O3. The van der Waals surface area contributed by atoms with Crippen LogP contribution in [-0.2, 0) is 6.54 Å². The Morgan fingerprint density at radius 3 is 2.53 bits per heavy atom. The van der Waals surface area contributed by atoms with Crippen LogP contribution in [0.5, 0.6) is 0 Å². The number of H-pyrrole nitrogens is 1. The van der Waals surface area contributed by atoms with Crippen molar-refractivity contribution in [2.24, 2.45) is 0 Å². The molecule has 32 heavy (non-hydrogen) atoms. The minimum atomic E-state index is -0.177. The van der Waals surface area contributed by atoms with E-state index in [-0.39, 0.29) is 11.6 Å². The molecule has 0 aliphatic carbocycles. The zero-order valence-corrected chi connectivity index (χ0v) is 17.2. The standard InChI is InChI=1S/C24H19N5O3/c1-2-29-20-13-10-17(14-19(20)26-24(29)31)21-27-23(32-28-21)16-8-11-18(12-9-16)25-22(30)15-6-4-3-5-7-15/h3-14H,2H2,1H3,(H,25,30)(H,26,31). The minimum absolute atomic E-state index is 0.145. The molecule has 3 aromatic carbocycles. The fourth-order valence-corrected chi connectivity index (χ4v) is 3.56. The number of fused-ring (bicyclic) bond motifs is 1. The van der Waals surface area contributed by atoms with E-state index in [0.29, 0.717) is 29.5 Å². The summed E-state index contributed by atoms with van der Waals surface area (Å²) in [4.78, 5) is 31.6. The van der Waals surface area contributed by atoms with E-state index in [2.05, 4.69) is 20.4 Å². The van der Waals surface area contributed by atoms with Gasteiger partial charge in [0.1, 0.15) is 0 Å². The topological polar surface area (TPSA) is 106 Å². The SMILES string of the molecule is CCn1c(=O)[nH]c2cc(-c3noc(-c4ccc(NC(=O)c5ccccc5)cc4)n3)ccc21. The van der Waals surface area contributed by atoms with Gasteiger partial charge in [-0.25, -0.2) is 4.79 Å². The van der Waals surface area contributed by atoms with Crippen LogP contribution in [0.2, 0.25) is 0 Å². The molecule has 0 saturated carbocycles. The highest BCUT2D eigenvalue weighted by Gasteiger charge is 2.13. The van der Waals surface area contributed by atoms with Gasteiger partial charge in [-0.1, -0.05) is 23.4 Å². The first kappa shape index (κ1) is 19.5. The average molecular weight is 425 g/mol. The molecule has 0 aliphatic heterocycles.